The molecule has 0 aliphatic heterocycles. The molecule has 0 bridgehead atoms. The van der Waals surface area contributed by atoms with Crippen molar-refractivity contribution in [3.05, 3.63) is 83.1 Å². The van der Waals surface area contributed by atoms with Crippen molar-refractivity contribution >= 4 is 28.3 Å². The molecular weight excluding hydrogens is 380 g/mol. The van der Waals surface area contributed by atoms with Gasteiger partial charge in [-0.3, -0.25) is 9.78 Å². The zero-order valence-corrected chi connectivity index (χ0v) is 17.2. The lowest BCUT2D eigenvalue weighted by atomic mass is 9.99. The third-order valence-corrected chi connectivity index (χ3v) is 5.43. The lowest BCUT2D eigenvalue weighted by Crippen LogP contribution is -2.00. The first kappa shape index (κ1) is 19.3. The molecule has 29 heavy (non-hydrogen) atoms. The quantitative estimate of drug-likeness (QED) is 0.347. The topological polar surface area (TPSA) is 42.9 Å². The fourth-order valence-electron chi connectivity index (χ4n) is 3.59. The predicted molar refractivity (Wildman–Crippen MR) is 119 cm³/mol. The molecule has 4 rings (SSSR count). The van der Waals surface area contributed by atoms with Crippen molar-refractivity contribution in [3.8, 4) is 22.4 Å². The minimum absolute atomic E-state index is 0.0968. The Morgan fingerprint density at radius 3 is 2.17 bits per heavy atom. The summed E-state index contributed by atoms with van der Waals surface area (Å²) >= 11 is 6.61. The highest BCUT2D eigenvalue weighted by molar-refractivity contribution is 6.38. The van der Waals surface area contributed by atoms with Crippen molar-refractivity contribution in [3.63, 3.8) is 0 Å². The fraction of sp³-hybridized carbons (Fsp3) is 0.160. The maximum absolute atomic E-state index is 12.2. The SMILES string of the molecule is CCCc1ccc(-c2ccc(-c3nc4ccncc4c(C(C)=O)c3Cl)cc2)cc1. The van der Waals surface area contributed by atoms with Crippen LogP contribution in [0.4, 0.5) is 0 Å². The molecule has 2 aromatic carbocycles. The number of fused-ring (bicyclic) bond motifs is 1. The number of carbonyl (C=O) groups excluding carboxylic acids is 1. The van der Waals surface area contributed by atoms with Crippen molar-refractivity contribution in [2.45, 2.75) is 26.7 Å². The van der Waals surface area contributed by atoms with Crippen LogP contribution in [-0.4, -0.2) is 15.8 Å². The standard InChI is InChI=1S/C25H21ClN2O/c1-3-4-17-5-7-18(8-6-17)19-9-11-20(12-10-19)25-24(26)23(16(2)29)21-15-27-14-13-22(21)28-25/h5-15H,3-4H2,1-2H3. The van der Waals surface area contributed by atoms with E-state index < -0.39 is 0 Å². The molecule has 4 heteroatoms. The van der Waals surface area contributed by atoms with Crippen LogP contribution < -0.4 is 0 Å². The molecule has 0 spiro atoms. The number of hydrogen-bond acceptors (Lipinski definition) is 3. The maximum Gasteiger partial charge on any atom is 0.162 e. The molecule has 2 heterocycles. The third-order valence-electron chi connectivity index (χ3n) is 5.06. The number of rotatable bonds is 5. The van der Waals surface area contributed by atoms with E-state index in [0.29, 0.717) is 27.2 Å². The van der Waals surface area contributed by atoms with Gasteiger partial charge in [0, 0.05) is 28.9 Å². The molecule has 0 amide bonds. The van der Waals surface area contributed by atoms with E-state index in [9.17, 15) is 4.79 Å². The Kier molecular flexibility index (Phi) is 5.41. The van der Waals surface area contributed by atoms with Crippen LogP contribution in [-0.2, 0) is 6.42 Å². The van der Waals surface area contributed by atoms with Crippen LogP contribution in [0.3, 0.4) is 0 Å². The van der Waals surface area contributed by atoms with E-state index in [1.807, 2.05) is 12.1 Å². The van der Waals surface area contributed by atoms with E-state index >= 15 is 0 Å². The van der Waals surface area contributed by atoms with Gasteiger partial charge < -0.3 is 0 Å². The number of pyridine rings is 2. The molecule has 0 saturated carbocycles. The summed E-state index contributed by atoms with van der Waals surface area (Å²) in [5, 5.41) is 1.05. The van der Waals surface area contributed by atoms with Crippen LogP contribution in [0.5, 0.6) is 0 Å². The van der Waals surface area contributed by atoms with Gasteiger partial charge in [-0.05, 0) is 36.1 Å². The van der Waals surface area contributed by atoms with E-state index in [0.717, 1.165) is 24.0 Å². The number of halogens is 1. The molecule has 3 nitrogen and oxygen atoms in total. The zero-order chi connectivity index (χ0) is 20.4. The predicted octanol–water partition coefficient (Wildman–Crippen LogP) is 6.77. The van der Waals surface area contributed by atoms with E-state index in [2.05, 4.69) is 48.3 Å². The van der Waals surface area contributed by atoms with Gasteiger partial charge in [0.2, 0.25) is 0 Å². The first-order valence-corrected chi connectivity index (χ1v) is 10.1. The van der Waals surface area contributed by atoms with Crippen molar-refractivity contribution in [1.82, 2.24) is 9.97 Å². The second-order valence-electron chi connectivity index (χ2n) is 7.12. The number of aryl methyl sites for hydroxylation is 1. The lowest BCUT2D eigenvalue weighted by molar-refractivity contribution is 0.101. The van der Waals surface area contributed by atoms with Crippen LogP contribution in [0.1, 0.15) is 36.2 Å². The van der Waals surface area contributed by atoms with Gasteiger partial charge in [0.15, 0.2) is 5.78 Å². The van der Waals surface area contributed by atoms with Crippen molar-refractivity contribution in [2.75, 3.05) is 0 Å². The van der Waals surface area contributed by atoms with Gasteiger partial charge in [0.05, 0.1) is 16.2 Å². The van der Waals surface area contributed by atoms with Crippen molar-refractivity contribution in [1.29, 1.82) is 0 Å². The van der Waals surface area contributed by atoms with Crippen molar-refractivity contribution in [2.24, 2.45) is 0 Å². The summed E-state index contributed by atoms with van der Waals surface area (Å²) < 4.78 is 0. The smallest absolute Gasteiger partial charge is 0.162 e. The summed E-state index contributed by atoms with van der Waals surface area (Å²) in [6, 6.07) is 18.6. The molecular formula is C25H21ClN2O. The number of benzene rings is 2. The van der Waals surface area contributed by atoms with E-state index in [4.69, 9.17) is 16.6 Å². The molecule has 0 aliphatic carbocycles. The maximum atomic E-state index is 12.2. The third kappa shape index (κ3) is 3.79. The fourth-order valence-corrected chi connectivity index (χ4v) is 3.98. The first-order chi connectivity index (χ1) is 14.1. The second-order valence-corrected chi connectivity index (χ2v) is 7.50. The van der Waals surface area contributed by atoms with Gasteiger partial charge >= 0.3 is 0 Å². The van der Waals surface area contributed by atoms with Crippen LogP contribution in [0.2, 0.25) is 5.02 Å². The van der Waals surface area contributed by atoms with Gasteiger partial charge in [-0.15, -0.1) is 0 Å². The monoisotopic (exact) mass is 400 g/mol. The molecule has 0 N–H and O–H groups in total. The number of Topliss-reactive ketones (excluding diaryl/α,β-unsaturated/α-hetero) is 1. The van der Waals surface area contributed by atoms with Crippen LogP contribution in [0, 0.1) is 0 Å². The van der Waals surface area contributed by atoms with E-state index in [-0.39, 0.29) is 5.78 Å². The minimum atomic E-state index is -0.0968. The highest BCUT2D eigenvalue weighted by Crippen LogP contribution is 2.34. The minimum Gasteiger partial charge on any atom is -0.294 e. The lowest BCUT2D eigenvalue weighted by Gasteiger charge is -2.11. The van der Waals surface area contributed by atoms with Crippen LogP contribution in [0.15, 0.2) is 67.0 Å². The highest BCUT2D eigenvalue weighted by atomic mass is 35.5. The number of aromatic nitrogens is 2. The number of hydrogen-bond donors (Lipinski definition) is 0. The van der Waals surface area contributed by atoms with Crippen LogP contribution in [0.25, 0.3) is 33.3 Å². The zero-order valence-electron chi connectivity index (χ0n) is 16.4. The molecule has 144 valence electrons. The summed E-state index contributed by atoms with van der Waals surface area (Å²) in [5.41, 5.74) is 6.32. The Labute approximate surface area is 175 Å². The summed E-state index contributed by atoms with van der Waals surface area (Å²) in [4.78, 5) is 21.0. The molecule has 0 radical (unpaired) electrons. The Hall–Kier alpha value is -3.04. The van der Waals surface area contributed by atoms with E-state index in [1.54, 1.807) is 18.5 Å². The van der Waals surface area contributed by atoms with Gasteiger partial charge in [-0.1, -0.05) is 73.5 Å². The molecule has 0 aliphatic rings. The van der Waals surface area contributed by atoms with Gasteiger partial charge in [-0.2, -0.15) is 0 Å². The second kappa shape index (κ2) is 8.14. The molecule has 4 aromatic rings. The van der Waals surface area contributed by atoms with E-state index in [1.165, 1.54) is 18.1 Å². The summed E-state index contributed by atoms with van der Waals surface area (Å²) in [6.07, 6.45) is 5.55. The van der Waals surface area contributed by atoms with Gasteiger partial charge in [-0.25, -0.2) is 4.98 Å². The summed E-state index contributed by atoms with van der Waals surface area (Å²) in [6.45, 7) is 3.70. The summed E-state index contributed by atoms with van der Waals surface area (Å²) in [5.74, 6) is -0.0968. The van der Waals surface area contributed by atoms with Gasteiger partial charge in [0.1, 0.15) is 0 Å². The largest absolute Gasteiger partial charge is 0.294 e. The Balaban J connectivity index is 1.75. The first-order valence-electron chi connectivity index (χ1n) is 9.72. The normalized spacial score (nSPS) is 11.0. The molecule has 0 fully saturated rings. The van der Waals surface area contributed by atoms with Gasteiger partial charge in [0.25, 0.3) is 0 Å². The molecule has 2 aromatic heterocycles. The Bertz CT molecular complexity index is 1180. The van der Waals surface area contributed by atoms with Crippen molar-refractivity contribution < 1.29 is 4.79 Å². The number of carbonyl (C=O) groups is 1. The average Bonchev–Trinajstić information content (AvgIpc) is 2.74. The molecule has 0 saturated heterocycles. The average molecular weight is 401 g/mol. The van der Waals surface area contributed by atoms with Crippen LogP contribution >= 0.6 is 11.6 Å². The Morgan fingerprint density at radius 1 is 0.931 bits per heavy atom. The number of nitrogens with zero attached hydrogens (tertiary/aromatic N) is 2. The number of ketones is 1. The molecule has 0 atom stereocenters. The molecule has 0 unspecified atom stereocenters. The summed E-state index contributed by atoms with van der Waals surface area (Å²) in [7, 11) is 0. The highest BCUT2D eigenvalue weighted by Gasteiger charge is 2.18. The Morgan fingerprint density at radius 2 is 1.55 bits per heavy atom.